The second kappa shape index (κ2) is 13.4. The highest BCUT2D eigenvalue weighted by atomic mass is 35.5. The van der Waals surface area contributed by atoms with Crippen molar-refractivity contribution in [2.75, 3.05) is 37.6 Å². The Bertz CT molecular complexity index is 1110. The van der Waals surface area contributed by atoms with Crippen LogP contribution in [-0.4, -0.2) is 53.1 Å². The van der Waals surface area contributed by atoms with E-state index >= 15 is 0 Å². The van der Waals surface area contributed by atoms with E-state index in [2.05, 4.69) is 26.3 Å². The number of anilines is 1. The first kappa shape index (κ1) is 29.3. The average molecular weight is 559 g/mol. The van der Waals surface area contributed by atoms with Gasteiger partial charge in [0.2, 0.25) is 0 Å². The van der Waals surface area contributed by atoms with Crippen molar-refractivity contribution in [3.05, 3.63) is 75.8 Å². The number of aromatic nitrogens is 2. The number of carbonyl (C=O) groups excluding carboxylic acids is 1. The lowest BCUT2D eigenvalue weighted by atomic mass is 10.2. The van der Waals surface area contributed by atoms with Crippen molar-refractivity contribution >= 4 is 59.6 Å². The van der Waals surface area contributed by atoms with Gasteiger partial charge in [-0.3, -0.25) is 14.3 Å². The molecule has 0 radical (unpaired) electrons. The van der Waals surface area contributed by atoms with Crippen molar-refractivity contribution < 1.29 is 4.79 Å². The number of nitrogens with zero attached hydrogens (tertiary/aromatic N) is 4. The molecular weight excluding hydrogens is 528 g/mol. The van der Waals surface area contributed by atoms with Crippen LogP contribution in [0.1, 0.15) is 35.4 Å². The van der Waals surface area contributed by atoms with Gasteiger partial charge >= 0.3 is 0 Å². The van der Waals surface area contributed by atoms with Crippen molar-refractivity contribution in [1.29, 1.82) is 0 Å². The fourth-order valence-electron chi connectivity index (χ4n) is 4.42. The van der Waals surface area contributed by atoms with Crippen LogP contribution < -0.4 is 10.6 Å². The maximum atomic E-state index is 12.2. The summed E-state index contributed by atoms with van der Waals surface area (Å²) in [5, 5.41) is 1.18. The molecule has 2 N–H and O–H groups in total. The molecule has 1 saturated heterocycles. The molecule has 6 nitrogen and oxygen atoms in total. The summed E-state index contributed by atoms with van der Waals surface area (Å²) < 4.78 is 2.12. The molecule has 4 rings (SSSR count). The number of hydrogen-bond donors (Lipinski definition) is 1. The Hall–Kier alpha value is -1.96. The summed E-state index contributed by atoms with van der Waals surface area (Å²) in [5.41, 5.74) is 8.99. The lowest BCUT2D eigenvalue weighted by Crippen LogP contribution is -2.47. The van der Waals surface area contributed by atoms with Gasteiger partial charge < -0.3 is 10.6 Å². The van der Waals surface area contributed by atoms with E-state index in [1.165, 1.54) is 0 Å². The molecular formula is C25H31Cl4N5O. The molecule has 1 aliphatic rings. The summed E-state index contributed by atoms with van der Waals surface area (Å²) in [6, 6.07) is 15.8. The minimum atomic E-state index is -0.475. The van der Waals surface area contributed by atoms with E-state index in [0.717, 1.165) is 68.5 Å². The predicted octanol–water partition coefficient (Wildman–Crippen LogP) is 5.44. The van der Waals surface area contributed by atoms with E-state index in [4.69, 9.17) is 28.9 Å². The van der Waals surface area contributed by atoms with Crippen LogP contribution in [0, 0.1) is 0 Å². The van der Waals surface area contributed by atoms with Gasteiger partial charge in [0.15, 0.2) is 0 Å². The van der Waals surface area contributed by atoms with Gasteiger partial charge in [-0.05, 0) is 30.7 Å². The Morgan fingerprint density at radius 3 is 2.29 bits per heavy atom. The van der Waals surface area contributed by atoms with Crippen LogP contribution in [0.5, 0.6) is 0 Å². The van der Waals surface area contributed by atoms with E-state index < -0.39 is 5.91 Å². The van der Waals surface area contributed by atoms with E-state index in [1.54, 1.807) is 0 Å². The molecule has 35 heavy (non-hydrogen) atoms. The van der Waals surface area contributed by atoms with Gasteiger partial charge in [-0.15, -0.1) is 24.8 Å². The number of para-hydroxylation sites is 1. The molecule has 10 heteroatoms. The molecule has 0 atom stereocenters. The number of benzene rings is 2. The van der Waals surface area contributed by atoms with E-state index in [0.29, 0.717) is 22.2 Å². The van der Waals surface area contributed by atoms with Crippen LogP contribution in [-0.2, 0) is 12.8 Å². The zero-order valence-corrected chi connectivity index (χ0v) is 22.8. The minimum Gasteiger partial charge on any atom is -0.368 e. The molecule has 1 fully saturated rings. The number of primary amides is 1. The molecule has 0 spiro atoms. The number of halogens is 4. The summed E-state index contributed by atoms with van der Waals surface area (Å²) in [6.07, 6.45) is 2.42. The van der Waals surface area contributed by atoms with Crippen LogP contribution in [0.25, 0.3) is 5.69 Å². The van der Waals surface area contributed by atoms with Crippen LogP contribution >= 0.6 is 48.0 Å². The van der Waals surface area contributed by atoms with E-state index in [1.807, 2.05) is 48.5 Å². The maximum absolute atomic E-state index is 12.2. The third-order valence-electron chi connectivity index (χ3n) is 6.07. The lowest BCUT2D eigenvalue weighted by molar-refractivity contribution is 0.0994. The number of aryl methyl sites for hydroxylation is 1. The molecule has 1 aromatic heterocycles. The Kier molecular flexibility index (Phi) is 11.2. The first-order chi connectivity index (χ1) is 16.0. The van der Waals surface area contributed by atoms with E-state index in [-0.39, 0.29) is 24.8 Å². The zero-order valence-electron chi connectivity index (χ0n) is 19.6. The number of amides is 1. The summed E-state index contributed by atoms with van der Waals surface area (Å²) in [6.45, 7) is 6.45. The van der Waals surface area contributed by atoms with Crippen molar-refractivity contribution in [2.24, 2.45) is 5.73 Å². The second-order valence-corrected chi connectivity index (χ2v) is 9.05. The highest BCUT2D eigenvalue weighted by Gasteiger charge is 2.24. The average Bonchev–Trinajstić information content (AvgIpc) is 3.19. The Labute approximate surface area is 229 Å². The second-order valence-electron chi connectivity index (χ2n) is 8.26. The molecule has 2 aromatic carbocycles. The van der Waals surface area contributed by atoms with Crippen LogP contribution in [0.4, 0.5) is 5.69 Å². The van der Waals surface area contributed by atoms with Gasteiger partial charge in [0.1, 0.15) is 11.5 Å². The normalized spacial score (nSPS) is 13.7. The molecule has 0 saturated carbocycles. The van der Waals surface area contributed by atoms with Crippen molar-refractivity contribution in [1.82, 2.24) is 14.5 Å². The van der Waals surface area contributed by atoms with Gasteiger partial charge in [0, 0.05) is 51.3 Å². The molecule has 190 valence electrons. The highest BCUT2D eigenvalue weighted by molar-refractivity contribution is 6.43. The van der Waals surface area contributed by atoms with Crippen molar-refractivity contribution in [3.63, 3.8) is 0 Å². The molecule has 0 bridgehead atoms. The van der Waals surface area contributed by atoms with E-state index in [9.17, 15) is 4.79 Å². The summed E-state index contributed by atoms with van der Waals surface area (Å²) in [4.78, 5) is 21.6. The molecule has 3 aromatic rings. The summed E-state index contributed by atoms with van der Waals surface area (Å²) in [7, 11) is 0. The van der Waals surface area contributed by atoms with Gasteiger partial charge in [-0.2, -0.15) is 0 Å². The SMILES string of the molecule is CCCc1nc(C(N)=O)c(CCN2CCN(c3cccc(Cl)c3Cl)CC2)n1-c1ccccc1.Cl.Cl. The number of piperazine rings is 1. The van der Waals surface area contributed by atoms with Crippen LogP contribution in [0.2, 0.25) is 10.0 Å². The fourth-order valence-corrected chi connectivity index (χ4v) is 4.83. The van der Waals surface area contributed by atoms with Gasteiger partial charge in [0.25, 0.3) is 5.91 Å². The number of rotatable bonds is 8. The first-order valence-electron chi connectivity index (χ1n) is 11.4. The number of hydrogen-bond acceptors (Lipinski definition) is 4. The van der Waals surface area contributed by atoms with Gasteiger partial charge in [-0.25, -0.2) is 4.98 Å². The Balaban J connectivity index is 0.00000216. The quantitative estimate of drug-likeness (QED) is 0.400. The summed E-state index contributed by atoms with van der Waals surface area (Å²) in [5.74, 6) is 0.408. The van der Waals surface area contributed by atoms with Crippen molar-refractivity contribution in [2.45, 2.75) is 26.2 Å². The first-order valence-corrected chi connectivity index (χ1v) is 12.1. The molecule has 1 aliphatic heterocycles. The van der Waals surface area contributed by atoms with Gasteiger partial charge in [-0.1, -0.05) is 54.4 Å². The Morgan fingerprint density at radius 2 is 1.66 bits per heavy atom. The third kappa shape index (κ3) is 6.63. The topological polar surface area (TPSA) is 67.4 Å². The smallest absolute Gasteiger partial charge is 0.269 e. The monoisotopic (exact) mass is 557 g/mol. The minimum absolute atomic E-state index is 0. The number of carbonyl (C=O) groups is 1. The van der Waals surface area contributed by atoms with Crippen LogP contribution in [0.15, 0.2) is 48.5 Å². The largest absolute Gasteiger partial charge is 0.368 e. The zero-order chi connectivity index (χ0) is 23.4. The maximum Gasteiger partial charge on any atom is 0.269 e. The highest BCUT2D eigenvalue weighted by Crippen LogP contribution is 2.33. The standard InChI is InChI=1S/C25H29Cl2N5O.2ClH/c1-2-7-22-29-24(25(28)33)21(32(22)18-8-4-3-5-9-18)12-13-30-14-16-31(17-15-30)20-11-6-10-19(26)23(20)27;;/h3-6,8-11H,2,7,12-17H2,1H3,(H2,28,33);2*1H. The fraction of sp³-hybridized carbons (Fsp3) is 0.360. The molecule has 0 unspecified atom stereocenters. The summed E-state index contributed by atoms with van der Waals surface area (Å²) >= 11 is 12.6. The molecule has 2 heterocycles. The van der Waals surface area contributed by atoms with Crippen LogP contribution in [0.3, 0.4) is 0 Å². The van der Waals surface area contributed by atoms with Gasteiger partial charge in [0.05, 0.1) is 21.4 Å². The lowest BCUT2D eigenvalue weighted by Gasteiger charge is -2.36. The molecule has 1 amide bonds. The predicted molar refractivity (Wildman–Crippen MR) is 149 cm³/mol. The third-order valence-corrected chi connectivity index (χ3v) is 6.88. The molecule has 0 aliphatic carbocycles. The van der Waals surface area contributed by atoms with Crippen molar-refractivity contribution in [3.8, 4) is 5.69 Å². The number of nitrogens with two attached hydrogens (primary N) is 1. The number of imidazole rings is 1. The Morgan fingerprint density at radius 1 is 0.971 bits per heavy atom.